The second kappa shape index (κ2) is 4.80. The third-order valence-corrected chi connectivity index (χ3v) is 2.39. The number of hydrogen-bond acceptors (Lipinski definition) is 4. The average molecular weight is 254 g/mol. The smallest absolute Gasteiger partial charge is 0.325 e. The van der Waals surface area contributed by atoms with Crippen molar-refractivity contribution in [3.8, 4) is 0 Å². The summed E-state index contributed by atoms with van der Waals surface area (Å²) in [6.07, 6.45) is 0. The second-order valence-electron chi connectivity index (χ2n) is 5.22. The number of oxazole rings is 1. The molecule has 1 amide bonds. The van der Waals surface area contributed by atoms with Crippen molar-refractivity contribution in [2.45, 2.75) is 46.1 Å². The second-order valence-corrected chi connectivity index (χ2v) is 5.22. The number of amides is 1. The molecule has 1 rings (SSSR count). The van der Waals surface area contributed by atoms with E-state index in [4.69, 9.17) is 9.52 Å². The first kappa shape index (κ1) is 14.2. The fourth-order valence-electron chi connectivity index (χ4n) is 1.51. The molecular weight excluding hydrogens is 236 g/mol. The van der Waals surface area contributed by atoms with Crippen molar-refractivity contribution in [3.05, 3.63) is 17.3 Å². The highest BCUT2D eigenvalue weighted by atomic mass is 16.4. The molecule has 2 N–H and O–H groups in total. The number of nitrogens with zero attached hydrogens (tertiary/aromatic N) is 1. The van der Waals surface area contributed by atoms with Crippen LogP contribution in [0.1, 0.15) is 49.8 Å². The maximum Gasteiger partial charge on any atom is 0.325 e. The number of carboxylic acids is 1. The minimum atomic E-state index is -1.11. The van der Waals surface area contributed by atoms with Gasteiger partial charge in [-0.1, -0.05) is 20.8 Å². The van der Waals surface area contributed by atoms with Crippen molar-refractivity contribution in [1.82, 2.24) is 10.3 Å². The molecule has 1 heterocycles. The van der Waals surface area contributed by atoms with Crippen molar-refractivity contribution >= 4 is 11.9 Å². The van der Waals surface area contributed by atoms with Crippen LogP contribution < -0.4 is 5.32 Å². The van der Waals surface area contributed by atoms with Crippen LogP contribution in [0.15, 0.2) is 4.42 Å². The number of carbonyl (C=O) groups excluding carboxylic acids is 1. The van der Waals surface area contributed by atoms with Gasteiger partial charge < -0.3 is 14.8 Å². The van der Waals surface area contributed by atoms with Gasteiger partial charge in [0.05, 0.1) is 5.69 Å². The van der Waals surface area contributed by atoms with Crippen LogP contribution in [0.5, 0.6) is 0 Å². The molecular formula is C12H18N2O4. The number of aryl methyl sites for hydroxylation is 1. The van der Waals surface area contributed by atoms with E-state index in [1.807, 2.05) is 20.8 Å². The Hall–Kier alpha value is -1.85. The summed E-state index contributed by atoms with van der Waals surface area (Å²) in [5, 5.41) is 11.0. The minimum absolute atomic E-state index is 0.106. The molecule has 1 aromatic rings. The van der Waals surface area contributed by atoms with Crippen LogP contribution >= 0.6 is 0 Å². The van der Waals surface area contributed by atoms with Gasteiger partial charge in [-0.3, -0.25) is 9.59 Å². The van der Waals surface area contributed by atoms with E-state index >= 15 is 0 Å². The number of aromatic nitrogens is 1. The number of aliphatic carboxylic acids is 1. The van der Waals surface area contributed by atoms with E-state index in [0.717, 1.165) is 0 Å². The number of hydrogen-bond donors (Lipinski definition) is 2. The van der Waals surface area contributed by atoms with Crippen LogP contribution in [0.2, 0.25) is 0 Å². The first-order valence-electron chi connectivity index (χ1n) is 5.64. The molecule has 18 heavy (non-hydrogen) atoms. The van der Waals surface area contributed by atoms with Crippen LogP contribution in [0, 0.1) is 6.92 Å². The molecule has 0 aliphatic heterocycles. The predicted octanol–water partition coefficient (Wildman–Crippen LogP) is 1.48. The lowest BCUT2D eigenvalue weighted by Gasteiger charge is -2.14. The van der Waals surface area contributed by atoms with E-state index in [9.17, 15) is 9.59 Å². The highest BCUT2D eigenvalue weighted by Crippen LogP contribution is 2.26. The van der Waals surface area contributed by atoms with Gasteiger partial charge in [0.2, 0.25) is 0 Å². The Balaban J connectivity index is 2.92. The van der Waals surface area contributed by atoms with Crippen LogP contribution in [-0.4, -0.2) is 28.0 Å². The van der Waals surface area contributed by atoms with Gasteiger partial charge in [-0.2, -0.15) is 0 Å². The van der Waals surface area contributed by atoms with Gasteiger partial charge in [0.25, 0.3) is 5.89 Å². The topological polar surface area (TPSA) is 92.4 Å². The van der Waals surface area contributed by atoms with E-state index in [1.165, 1.54) is 6.92 Å². The molecule has 0 bridgehead atoms. The quantitative estimate of drug-likeness (QED) is 0.852. The number of rotatable bonds is 3. The first-order chi connectivity index (χ1) is 8.12. The zero-order chi connectivity index (χ0) is 14.1. The Labute approximate surface area is 105 Å². The monoisotopic (exact) mass is 254 g/mol. The summed E-state index contributed by atoms with van der Waals surface area (Å²) >= 11 is 0. The summed E-state index contributed by atoms with van der Waals surface area (Å²) in [6.45, 7) is 8.97. The van der Waals surface area contributed by atoms with E-state index in [1.54, 1.807) is 6.92 Å². The fourth-order valence-corrected chi connectivity index (χ4v) is 1.51. The summed E-state index contributed by atoms with van der Waals surface area (Å²) in [5.74, 6) is -1.22. The Kier molecular flexibility index (Phi) is 3.79. The molecule has 6 heteroatoms. The lowest BCUT2D eigenvalue weighted by molar-refractivity contribution is -0.138. The molecule has 0 saturated heterocycles. The average Bonchev–Trinajstić information content (AvgIpc) is 2.59. The Morgan fingerprint density at radius 2 is 1.94 bits per heavy atom. The van der Waals surface area contributed by atoms with Crippen molar-refractivity contribution in [3.63, 3.8) is 0 Å². The summed E-state index contributed by atoms with van der Waals surface area (Å²) in [5.41, 5.74) is 0.379. The highest BCUT2D eigenvalue weighted by Gasteiger charge is 2.26. The number of carbonyl (C=O) groups is 2. The maximum atomic E-state index is 11.7. The van der Waals surface area contributed by atoms with E-state index in [2.05, 4.69) is 10.3 Å². The lowest BCUT2D eigenvalue weighted by Crippen LogP contribution is -2.38. The third kappa shape index (κ3) is 3.09. The molecule has 0 fully saturated rings. The highest BCUT2D eigenvalue weighted by molar-refractivity contribution is 5.92. The normalized spacial score (nSPS) is 13.2. The number of nitrogens with one attached hydrogen (secondary N) is 1. The van der Waals surface area contributed by atoms with Crippen molar-refractivity contribution in [2.75, 3.05) is 0 Å². The molecule has 0 unspecified atom stereocenters. The summed E-state index contributed by atoms with van der Waals surface area (Å²) in [6, 6.07) is -0.984. The molecule has 0 saturated carbocycles. The SMILES string of the molecule is Cc1nc(C(=O)N[C@@H](C)C(=O)O)oc1C(C)(C)C. The molecule has 1 atom stereocenters. The molecule has 0 aliphatic rings. The molecule has 0 spiro atoms. The Morgan fingerprint density at radius 3 is 2.33 bits per heavy atom. The molecule has 1 aromatic heterocycles. The molecule has 0 aliphatic carbocycles. The van der Waals surface area contributed by atoms with Crippen LogP contribution in [-0.2, 0) is 10.2 Å². The Bertz CT molecular complexity index is 471. The van der Waals surface area contributed by atoms with E-state index in [-0.39, 0.29) is 11.3 Å². The van der Waals surface area contributed by atoms with Gasteiger partial charge in [-0.15, -0.1) is 0 Å². The first-order valence-corrected chi connectivity index (χ1v) is 5.64. The van der Waals surface area contributed by atoms with Gasteiger partial charge in [-0.05, 0) is 13.8 Å². The number of carboxylic acid groups (broad SMARTS) is 1. The maximum absolute atomic E-state index is 11.7. The molecule has 0 aromatic carbocycles. The lowest BCUT2D eigenvalue weighted by atomic mass is 9.92. The van der Waals surface area contributed by atoms with Crippen LogP contribution in [0.4, 0.5) is 0 Å². The standard InChI is InChI=1S/C12H18N2O4/c1-6-8(12(3,4)5)18-10(14-6)9(15)13-7(2)11(16)17/h7H,1-5H3,(H,13,15)(H,16,17)/t7-/m0/s1. The summed E-state index contributed by atoms with van der Waals surface area (Å²) in [4.78, 5) is 26.4. The van der Waals surface area contributed by atoms with Crippen molar-refractivity contribution < 1.29 is 19.1 Å². The zero-order valence-corrected chi connectivity index (χ0v) is 11.2. The van der Waals surface area contributed by atoms with Gasteiger partial charge >= 0.3 is 11.9 Å². The van der Waals surface area contributed by atoms with Gasteiger partial charge in [0.1, 0.15) is 11.8 Å². The van der Waals surface area contributed by atoms with Gasteiger partial charge in [0.15, 0.2) is 0 Å². The van der Waals surface area contributed by atoms with E-state index < -0.39 is 17.9 Å². The third-order valence-electron chi connectivity index (χ3n) is 2.39. The summed E-state index contributed by atoms with van der Waals surface area (Å²) in [7, 11) is 0. The largest absolute Gasteiger partial charge is 0.480 e. The van der Waals surface area contributed by atoms with E-state index in [0.29, 0.717) is 11.5 Å². The molecule has 6 nitrogen and oxygen atoms in total. The summed E-state index contributed by atoms with van der Waals surface area (Å²) < 4.78 is 5.41. The fraction of sp³-hybridized carbons (Fsp3) is 0.583. The van der Waals surface area contributed by atoms with Crippen molar-refractivity contribution in [1.29, 1.82) is 0 Å². The molecule has 100 valence electrons. The zero-order valence-electron chi connectivity index (χ0n) is 11.2. The molecule has 0 radical (unpaired) electrons. The van der Waals surface area contributed by atoms with Crippen LogP contribution in [0.3, 0.4) is 0 Å². The van der Waals surface area contributed by atoms with Crippen molar-refractivity contribution in [2.24, 2.45) is 0 Å². The van der Waals surface area contributed by atoms with Gasteiger partial charge in [0, 0.05) is 5.41 Å². The van der Waals surface area contributed by atoms with Gasteiger partial charge in [-0.25, -0.2) is 4.98 Å². The Morgan fingerprint density at radius 1 is 1.39 bits per heavy atom. The van der Waals surface area contributed by atoms with Crippen LogP contribution in [0.25, 0.3) is 0 Å². The predicted molar refractivity (Wildman–Crippen MR) is 64.5 cm³/mol. The minimum Gasteiger partial charge on any atom is -0.480 e.